The topological polar surface area (TPSA) is 85.6 Å². The van der Waals surface area contributed by atoms with Crippen LogP contribution in [0.1, 0.15) is 12.8 Å². The minimum atomic E-state index is -1.16. The maximum Gasteiger partial charge on any atom is 0.252 e. The van der Waals surface area contributed by atoms with E-state index in [9.17, 15) is 9.90 Å². The molecule has 1 fully saturated rings. The van der Waals surface area contributed by atoms with Crippen LogP contribution < -0.4 is 15.2 Å². The number of nitrogens with zero attached hydrogens (tertiary/aromatic N) is 3. The summed E-state index contributed by atoms with van der Waals surface area (Å²) in [4.78, 5) is 17.3. The number of halogens is 2. The molecule has 1 aliphatic heterocycles. The number of unbranched alkanes of at least 4 members (excludes halogenated alkanes) is 1. The third kappa shape index (κ3) is 8.57. The number of aliphatic hydroxyl groups excluding tert-OH is 1. The van der Waals surface area contributed by atoms with Crippen LogP contribution in [-0.2, 0) is 20.9 Å². The summed E-state index contributed by atoms with van der Waals surface area (Å²) in [7, 11) is 1.57. The second-order valence-electron chi connectivity index (χ2n) is 9.60. The van der Waals surface area contributed by atoms with Crippen LogP contribution in [0.5, 0.6) is 5.75 Å². The highest BCUT2D eigenvalue weighted by Crippen LogP contribution is 2.32. The lowest BCUT2D eigenvalue weighted by Crippen LogP contribution is -2.46. The highest BCUT2D eigenvalue weighted by atomic mass is 35.5. The Kier molecular flexibility index (Phi) is 11.9. The predicted octanol–water partition coefficient (Wildman–Crippen LogP) is 4.25. The highest BCUT2D eigenvalue weighted by Gasteiger charge is 2.19. The molecule has 1 N–H and O–H groups in total. The van der Waals surface area contributed by atoms with E-state index >= 15 is 0 Å². The zero-order valence-electron chi connectivity index (χ0n) is 22.8. The largest absolute Gasteiger partial charge is 0.494 e. The van der Waals surface area contributed by atoms with Crippen molar-refractivity contribution in [3.63, 3.8) is 0 Å². The van der Waals surface area contributed by atoms with Crippen LogP contribution in [0.15, 0.2) is 53.3 Å². The van der Waals surface area contributed by atoms with Crippen molar-refractivity contribution in [2.24, 2.45) is 0 Å². The van der Waals surface area contributed by atoms with Crippen LogP contribution in [0.3, 0.4) is 0 Å². The summed E-state index contributed by atoms with van der Waals surface area (Å²) in [6.45, 7) is 6.02. The maximum atomic E-state index is 12.5. The normalized spacial score (nSPS) is 15.1. The molecular formula is C29H37Cl2N3O6. The fraction of sp³-hybridized carbons (Fsp3) is 0.483. The molecule has 1 aliphatic rings. The van der Waals surface area contributed by atoms with Gasteiger partial charge in [0.15, 0.2) is 6.29 Å². The molecule has 0 radical (unpaired) electrons. The summed E-state index contributed by atoms with van der Waals surface area (Å²) in [6.07, 6.45) is 0.781. The number of fused-ring (bicyclic) bond motifs is 1. The number of piperazine rings is 1. The molecule has 1 saturated heterocycles. The smallest absolute Gasteiger partial charge is 0.252 e. The summed E-state index contributed by atoms with van der Waals surface area (Å²) in [5, 5.41) is 12.1. The van der Waals surface area contributed by atoms with Gasteiger partial charge in [-0.3, -0.25) is 14.3 Å². The Morgan fingerprint density at radius 2 is 1.77 bits per heavy atom. The van der Waals surface area contributed by atoms with Gasteiger partial charge in [-0.25, -0.2) is 0 Å². The Morgan fingerprint density at radius 1 is 0.975 bits per heavy atom. The molecule has 11 heteroatoms. The summed E-state index contributed by atoms with van der Waals surface area (Å²) >= 11 is 12.6. The molecule has 40 heavy (non-hydrogen) atoms. The third-order valence-electron chi connectivity index (χ3n) is 6.83. The number of hydrogen-bond donors (Lipinski definition) is 1. The van der Waals surface area contributed by atoms with Crippen molar-refractivity contribution >= 4 is 39.8 Å². The van der Waals surface area contributed by atoms with Gasteiger partial charge < -0.3 is 29.0 Å². The number of ether oxygens (including phenoxy) is 4. The van der Waals surface area contributed by atoms with Gasteiger partial charge in [-0.1, -0.05) is 29.3 Å². The summed E-state index contributed by atoms with van der Waals surface area (Å²) in [6, 6.07) is 14.7. The van der Waals surface area contributed by atoms with E-state index in [1.807, 2.05) is 36.4 Å². The van der Waals surface area contributed by atoms with Crippen molar-refractivity contribution in [2.75, 3.05) is 71.2 Å². The van der Waals surface area contributed by atoms with Crippen LogP contribution in [0, 0.1) is 0 Å². The van der Waals surface area contributed by atoms with Crippen molar-refractivity contribution in [3.8, 4) is 5.75 Å². The first-order valence-corrected chi connectivity index (χ1v) is 14.3. The van der Waals surface area contributed by atoms with E-state index in [0.717, 1.165) is 56.6 Å². The molecule has 0 saturated carbocycles. The molecule has 2 aromatic carbocycles. The number of rotatable bonds is 15. The molecule has 2 heterocycles. The molecule has 1 atom stereocenters. The lowest BCUT2D eigenvalue weighted by Gasteiger charge is -2.36. The standard InChI is InChI=1S/C29H37Cl2N3O6/c1-37-17-18-38-20-28(36)40-21-34-26-19-23(9-7-22(26)8-10-27(34)35)39-16-3-2-11-32-12-14-33(15-13-32)25-6-4-5-24(30)29(25)31/h4-10,19,28,36H,2-3,11-18,20-21H2,1H3. The Balaban J connectivity index is 1.21. The second kappa shape index (κ2) is 15.6. The number of pyridine rings is 1. The second-order valence-corrected chi connectivity index (χ2v) is 10.4. The number of aromatic nitrogens is 1. The predicted molar refractivity (Wildman–Crippen MR) is 158 cm³/mol. The minimum absolute atomic E-state index is 0.0107. The van der Waals surface area contributed by atoms with E-state index in [0.29, 0.717) is 41.1 Å². The molecule has 9 nitrogen and oxygen atoms in total. The Bertz CT molecular complexity index is 1280. The maximum absolute atomic E-state index is 12.5. The molecule has 0 aliphatic carbocycles. The van der Waals surface area contributed by atoms with Gasteiger partial charge in [0.2, 0.25) is 0 Å². The van der Waals surface area contributed by atoms with E-state index < -0.39 is 6.29 Å². The average molecular weight is 595 g/mol. The van der Waals surface area contributed by atoms with Gasteiger partial charge in [0, 0.05) is 45.4 Å². The van der Waals surface area contributed by atoms with Crippen LogP contribution in [-0.4, -0.2) is 87.1 Å². The number of methoxy groups -OCH3 is 1. The molecule has 1 unspecified atom stereocenters. The summed E-state index contributed by atoms with van der Waals surface area (Å²) in [5.74, 6) is 0.683. The van der Waals surface area contributed by atoms with Gasteiger partial charge in [0.1, 0.15) is 12.5 Å². The molecule has 0 bridgehead atoms. The average Bonchev–Trinajstić information content (AvgIpc) is 2.96. The minimum Gasteiger partial charge on any atom is -0.494 e. The van der Waals surface area contributed by atoms with E-state index in [4.69, 9.17) is 42.1 Å². The van der Waals surface area contributed by atoms with Gasteiger partial charge in [-0.2, -0.15) is 0 Å². The van der Waals surface area contributed by atoms with Crippen molar-refractivity contribution in [1.29, 1.82) is 0 Å². The van der Waals surface area contributed by atoms with Gasteiger partial charge in [-0.05, 0) is 55.1 Å². The van der Waals surface area contributed by atoms with Gasteiger partial charge in [-0.15, -0.1) is 0 Å². The lowest BCUT2D eigenvalue weighted by molar-refractivity contribution is -0.159. The van der Waals surface area contributed by atoms with Crippen LogP contribution >= 0.6 is 23.2 Å². The summed E-state index contributed by atoms with van der Waals surface area (Å²) < 4.78 is 23.1. The fourth-order valence-electron chi connectivity index (χ4n) is 4.60. The number of aliphatic hydroxyl groups is 1. The van der Waals surface area contributed by atoms with Crippen LogP contribution in [0.25, 0.3) is 10.9 Å². The van der Waals surface area contributed by atoms with Crippen molar-refractivity contribution in [1.82, 2.24) is 9.47 Å². The molecular weight excluding hydrogens is 557 g/mol. The first-order chi connectivity index (χ1) is 19.5. The van der Waals surface area contributed by atoms with E-state index in [1.165, 1.54) is 10.6 Å². The van der Waals surface area contributed by atoms with Gasteiger partial charge >= 0.3 is 0 Å². The Hall–Kier alpha value is -2.37. The lowest BCUT2D eigenvalue weighted by atomic mass is 10.2. The SMILES string of the molecule is COCCOCC(O)OCn1c(=O)ccc2ccc(OCCCCN3CCN(c4cccc(Cl)c4Cl)CC3)cc21. The molecule has 1 aromatic heterocycles. The van der Waals surface area contributed by atoms with Gasteiger partial charge in [0.05, 0.1) is 47.7 Å². The Morgan fingerprint density at radius 3 is 2.58 bits per heavy atom. The molecule has 4 rings (SSSR count). The number of anilines is 1. The Labute approximate surface area is 244 Å². The molecule has 3 aromatic rings. The monoisotopic (exact) mass is 593 g/mol. The number of hydrogen-bond acceptors (Lipinski definition) is 8. The quantitative estimate of drug-likeness (QED) is 0.207. The summed E-state index contributed by atoms with van der Waals surface area (Å²) in [5.41, 5.74) is 1.45. The van der Waals surface area contributed by atoms with Crippen molar-refractivity contribution in [2.45, 2.75) is 25.9 Å². The van der Waals surface area contributed by atoms with Crippen molar-refractivity contribution in [3.05, 3.63) is 68.9 Å². The van der Waals surface area contributed by atoms with Crippen molar-refractivity contribution < 1.29 is 24.1 Å². The zero-order chi connectivity index (χ0) is 28.3. The first-order valence-electron chi connectivity index (χ1n) is 13.5. The third-order valence-corrected chi connectivity index (χ3v) is 7.64. The number of benzene rings is 2. The van der Waals surface area contributed by atoms with E-state index in [1.54, 1.807) is 13.2 Å². The molecule has 0 amide bonds. The zero-order valence-corrected chi connectivity index (χ0v) is 24.3. The fourth-order valence-corrected chi connectivity index (χ4v) is 5.02. The van der Waals surface area contributed by atoms with E-state index in [-0.39, 0.29) is 18.9 Å². The molecule has 0 spiro atoms. The van der Waals surface area contributed by atoms with Crippen LogP contribution in [0.2, 0.25) is 10.0 Å². The van der Waals surface area contributed by atoms with E-state index in [2.05, 4.69) is 9.80 Å². The van der Waals surface area contributed by atoms with Gasteiger partial charge in [0.25, 0.3) is 5.56 Å². The highest BCUT2D eigenvalue weighted by molar-refractivity contribution is 6.43. The first kappa shape index (κ1) is 30.6. The molecule has 218 valence electrons. The van der Waals surface area contributed by atoms with Crippen LogP contribution in [0.4, 0.5) is 5.69 Å².